The summed E-state index contributed by atoms with van der Waals surface area (Å²) in [5.41, 5.74) is 2.42. The number of nitrogens with zero attached hydrogens (tertiary/aromatic N) is 2. The molecule has 2 heterocycles. The molecule has 0 bridgehead atoms. The highest BCUT2D eigenvalue weighted by Gasteiger charge is 2.23. The summed E-state index contributed by atoms with van der Waals surface area (Å²) >= 11 is 1.81. The second kappa shape index (κ2) is 14.0. The maximum atomic E-state index is 5.53. The molecule has 1 aromatic carbocycles. The lowest BCUT2D eigenvalue weighted by atomic mass is 10.1. The largest absolute Gasteiger partial charge is 0.379 e. The lowest BCUT2D eigenvalue weighted by molar-refractivity contribution is 0.0177. The lowest BCUT2D eigenvalue weighted by Crippen LogP contribution is -2.46. The first-order valence-corrected chi connectivity index (χ1v) is 11.1. The highest BCUT2D eigenvalue weighted by atomic mass is 127. The molecule has 1 fully saturated rings. The number of hydrogen-bond acceptors (Lipinski definition) is 5. The molecule has 1 aliphatic rings. The maximum absolute atomic E-state index is 5.53. The topological polar surface area (TPSA) is 58.1 Å². The summed E-state index contributed by atoms with van der Waals surface area (Å²) in [6.07, 6.45) is 0. The molecule has 0 saturated carbocycles. The summed E-state index contributed by atoms with van der Waals surface area (Å²) in [7, 11) is 1.81. The SMILES string of the molecule is CCOCc1ccc(CNC(=NC)NCC(c2cccs2)N2CCOCC2)cc1.I. The van der Waals surface area contributed by atoms with Crippen molar-refractivity contribution >= 4 is 41.3 Å². The fourth-order valence-electron chi connectivity index (χ4n) is 3.35. The van der Waals surface area contributed by atoms with E-state index in [2.05, 4.69) is 62.3 Å². The van der Waals surface area contributed by atoms with Crippen LogP contribution in [0.3, 0.4) is 0 Å². The summed E-state index contributed by atoms with van der Waals surface area (Å²) < 4.78 is 11.0. The summed E-state index contributed by atoms with van der Waals surface area (Å²) in [6.45, 7) is 8.49. The van der Waals surface area contributed by atoms with Crippen molar-refractivity contribution in [2.24, 2.45) is 4.99 Å². The van der Waals surface area contributed by atoms with E-state index in [4.69, 9.17) is 9.47 Å². The standard InChI is InChI=1S/C22H32N4O2S.HI/c1-3-27-17-19-8-6-18(7-9-19)15-24-22(23-2)25-16-20(21-5-4-14-29-21)26-10-12-28-13-11-26;/h4-9,14,20H,3,10-13,15-17H2,1-2H3,(H2,23,24,25);1H. The van der Waals surface area contributed by atoms with Gasteiger partial charge < -0.3 is 20.1 Å². The number of morpholine rings is 1. The molecule has 2 aromatic rings. The zero-order chi connectivity index (χ0) is 20.3. The van der Waals surface area contributed by atoms with Crippen LogP contribution in [-0.2, 0) is 22.6 Å². The van der Waals surface area contributed by atoms with Crippen molar-refractivity contribution in [2.75, 3.05) is 46.5 Å². The number of rotatable bonds is 9. The molecule has 1 atom stereocenters. The van der Waals surface area contributed by atoms with Gasteiger partial charge in [0.25, 0.3) is 0 Å². The van der Waals surface area contributed by atoms with Crippen molar-refractivity contribution in [1.82, 2.24) is 15.5 Å². The average Bonchev–Trinajstić information content (AvgIpc) is 3.30. The molecule has 8 heteroatoms. The van der Waals surface area contributed by atoms with E-state index >= 15 is 0 Å². The van der Waals surface area contributed by atoms with Gasteiger partial charge in [0.1, 0.15) is 0 Å². The minimum atomic E-state index is 0. The van der Waals surface area contributed by atoms with Gasteiger partial charge in [-0.15, -0.1) is 35.3 Å². The predicted octanol–water partition coefficient (Wildman–Crippen LogP) is 3.64. The van der Waals surface area contributed by atoms with Gasteiger partial charge in [0, 0.05) is 44.7 Å². The Morgan fingerprint density at radius 1 is 1.17 bits per heavy atom. The van der Waals surface area contributed by atoms with Gasteiger partial charge in [-0.3, -0.25) is 9.89 Å². The van der Waals surface area contributed by atoms with Crippen LogP contribution < -0.4 is 10.6 Å². The van der Waals surface area contributed by atoms with Crippen molar-refractivity contribution in [3.8, 4) is 0 Å². The molecule has 166 valence electrons. The lowest BCUT2D eigenvalue weighted by Gasteiger charge is -2.34. The quantitative estimate of drug-likeness (QED) is 0.287. The van der Waals surface area contributed by atoms with Crippen molar-refractivity contribution < 1.29 is 9.47 Å². The number of aliphatic imine (C=N–C) groups is 1. The predicted molar refractivity (Wildman–Crippen MR) is 135 cm³/mol. The minimum Gasteiger partial charge on any atom is -0.379 e. The van der Waals surface area contributed by atoms with Crippen LogP contribution >= 0.6 is 35.3 Å². The van der Waals surface area contributed by atoms with Crippen LogP contribution in [0.2, 0.25) is 0 Å². The molecule has 0 aliphatic carbocycles. The third-order valence-electron chi connectivity index (χ3n) is 5.00. The number of halogens is 1. The number of guanidine groups is 1. The number of hydrogen-bond donors (Lipinski definition) is 2. The van der Waals surface area contributed by atoms with E-state index in [0.29, 0.717) is 12.6 Å². The van der Waals surface area contributed by atoms with E-state index in [0.717, 1.165) is 52.0 Å². The highest BCUT2D eigenvalue weighted by molar-refractivity contribution is 14.0. The Bertz CT molecular complexity index is 734. The highest BCUT2D eigenvalue weighted by Crippen LogP contribution is 2.25. The second-order valence-electron chi connectivity index (χ2n) is 6.94. The maximum Gasteiger partial charge on any atom is 0.191 e. The van der Waals surface area contributed by atoms with Gasteiger partial charge in [-0.1, -0.05) is 30.3 Å². The molecule has 0 amide bonds. The minimum absolute atomic E-state index is 0. The Hall–Kier alpha value is -1.20. The van der Waals surface area contributed by atoms with E-state index < -0.39 is 0 Å². The van der Waals surface area contributed by atoms with Crippen LogP contribution in [0.5, 0.6) is 0 Å². The Morgan fingerprint density at radius 3 is 2.53 bits per heavy atom. The van der Waals surface area contributed by atoms with E-state index in [1.165, 1.54) is 16.0 Å². The second-order valence-corrected chi connectivity index (χ2v) is 7.92. The zero-order valence-electron chi connectivity index (χ0n) is 17.8. The third-order valence-corrected chi connectivity index (χ3v) is 5.97. The van der Waals surface area contributed by atoms with Gasteiger partial charge in [-0.2, -0.15) is 0 Å². The van der Waals surface area contributed by atoms with Gasteiger partial charge >= 0.3 is 0 Å². The molecule has 0 radical (unpaired) electrons. The third kappa shape index (κ3) is 7.81. The molecule has 2 N–H and O–H groups in total. The Balaban J connectivity index is 0.00000320. The van der Waals surface area contributed by atoms with E-state index in [1.54, 1.807) is 0 Å². The Morgan fingerprint density at radius 2 is 1.90 bits per heavy atom. The van der Waals surface area contributed by atoms with Crippen LogP contribution in [0, 0.1) is 0 Å². The number of benzene rings is 1. The monoisotopic (exact) mass is 544 g/mol. The van der Waals surface area contributed by atoms with Crippen molar-refractivity contribution in [1.29, 1.82) is 0 Å². The summed E-state index contributed by atoms with van der Waals surface area (Å²) in [6, 6.07) is 13.2. The fraction of sp³-hybridized carbons (Fsp3) is 0.500. The zero-order valence-corrected chi connectivity index (χ0v) is 20.9. The van der Waals surface area contributed by atoms with Gasteiger partial charge in [-0.05, 0) is 29.5 Å². The van der Waals surface area contributed by atoms with E-state index in [-0.39, 0.29) is 24.0 Å². The number of nitrogens with one attached hydrogen (secondary N) is 2. The Labute approximate surface area is 201 Å². The normalized spacial score (nSPS) is 16.0. The number of ether oxygens (including phenoxy) is 2. The van der Waals surface area contributed by atoms with Crippen LogP contribution in [0.1, 0.15) is 29.0 Å². The molecule has 6 nitrogen and oxygen atoms in total. The molecule has 30 heavy (non-hydrogen) atoms. The van der Waals surface area contributed by atoms with Crippen LogP contribution in [-0.4, -0.2) is 57.4 Å². The molecule has 1 unspecified atom stereocenters. The Kier molecular flexibility index (Phi) is 11.7. The molecule has 1 aromatic heterocycles. The van der Waals surface area contributed by atoms with Gasteiger partial charge in [-0.25, -0.2) is 0 Å². The first-order valence-electron chi connectivity index (χ1n) is 10.3. The van der Waals surface area contributed by atoms with Crippen LogP contribution in [0.4, 0.5) is 0 Å². The van der Waals surface area contributed by atoms with Crippen LogP contribution in [0.15, 0.2) is 46.8 Å². The number of thiophene rings is 1. The molecule has 0 spiro atoms. The summed E-state index contributed by atoms with van der Waals surface area (Å²) in [5.74, 6) is 0.818. The average molecular weight is 545 g/mol. The van der Waals surface area contributed by atoms with Crippen LogP contribution in [0.25, 0.3) is 0 Å². The molecular formula is C22H33IN4O2S. The van der Waals surface area contributed by atoms with Gasteiger partial charge in [0.2, 0.25) is 0 Å². The molecule has 1 aliphatic heterocycles. The van der Waals surface area contributed by atoms with E-state index in [9.17, 15) is 0 Å². The van der Waals surface area contributed by atoms with Gasteiger partial charge in [0.05, 0.1) is 25.9 Å². The molecule has 1 saturated heterocycles. The van der Waals surface area contributed by atoms with Crippen molar-refractivity contribution in [3.63, 3.8) is 0 Å². The summed E-state index contributed by atoms with van der Waals surface area (Å²) in [5, 5.41) is 9.07. The summed E-state index contributed by atoms with van der Waals surface area (Å²) in [4.78, 5) is 8.26. The molecular weight excluding hydrogens is 511 g/mol. The smallest absolute Gasteiger partial charge is 0.191 e. The van der Waals surface area contributed by atoms with Crippen molar-refractivity contribution in [3.05, 3.63) is 57.8 Å². The first kappa shape index (κ1) is 25.1. The van der Waals surface area contributed by atoms with Gasteiger partial charge in [0.15, 0.2) is 5.96 Å². The van der Waals surface area contributed by atoms with E-state index in [1.807, 2.05) is 25.3 Å². The fourth-order valence-corrected chi connectivity index (χ4v) is 4.21. The van der Waals surface area contributed by atoms with Crippen molar-refractivity contribution in [2.45, 2.75) is 26.1 Å². The first-order chi connectivity index (χ1) is 14.3. The molecule has 3 rings (SSSR count).